The van der Waals surface area contributed by atoms with Crippen LogP contribution < -0.4 is 0 Å². The third kappa shape index (κ3) is 4.06. The van der Waals surface area contributed by atoms with Crippen molar-refractivity contribution in [3.63, 3.8) is 0 Å². The Kier molecular flexibility index (Phi) is 3.95. The number of nitrogens with zero attached hydrogens (tertiary/aromatic N) is 4. The van der Waals surface area contributed by atoms with E-state index < -0.39 is 12.7 Å². The number of tetrazole rings is 1. The van der Waals surface area contributed by atoms with E-state index >= 15 is 0 Å². The number of alkyl halides is 3. The summed E-state index contributed by atoms with van der Waals surface area (Å²) in [6.07, 6.45) is -3.44. The molecule has 0 spiro atoms. The molecular formula is C7H11F3N4S. The van der Waals surface area contributed by atoms with Crippen LogP contribution in [0.4, 0.5) is 13.2 Å². The molecule has 0 N–H and O–H groups in total. The molecule has 8 heteroatoms. The molecule has 0 fully saturated rings. The van der Waals surface area contributed by atoms with Gasteiger partial charge in [-0.15, -0.1) is 5.10 Å². The average Bonchev–Trinajstić information content (AvgIpc) is 2.50. The van der Waals surface area contributed by atoms with E-state index in [2.05, 4.69) is 15.5 Å². The zero-order valence-electron chi connectivity index (χ0n) is 8.32. The minimum atomic E-state index is -4.29. The Balaban J connectivity index is 2.69. The van der Waals surface area contributed by atoms with Crippen LogP contribution in [0, 0.1) is 0 Å². The minimum absolute atomic E-state index is 0.197. The Bertz CT molecular complexity index is 311. The van der Waals surface area contributed by atoms with Crippen molar-refractivity contribution >= 4 is 11.8 Å². The lowest BCUT2D eigenvalue weighted by atomic mass is 10.4. The summed E-state index contributed by atoms with van der Waals surface area (Å²) in [4.78, 5) is 0. The van der Waals surface area contributed by atoms with Crippen molar-refractivity contribution in [1.82, 2.24) is 20.2 Å². The van der Waals surface area contributed by atoms with Gasteiger partial charge in [0.05, 0.1) is 0 Å². The molecule has 0 aliphatic carbocycles. The van der Waals surface area contributed by atoms with Crippen LogP contribution in [0.25, 0.3) is 0 Å². The second-order valence-corrected chi connectivity index (χ2v) is 4.48. The van der Waals surface area contributed by atoms with Crippen LogP contribution in [-0.2, 0) is 6.54 Å². The molecule has 1 heterocycles. The Morgan fingerprint density at radius 2 is 2.13 bits per heavy atom. The summed E-state index contributed by atoms with van der Waals surface area (Å²) in [6, 6.07) is 0. The largest absolute Gasteiger partial charge is 0.408 e. The normalized spacial score (nSPS) is 14.2. The minimum Gasteiger partial charge on any atom is -0.211 e. The highest BCUT2D eigenvalue weighted by Gasteiger charge is 2.30. The van der Waals surface area contributed by atoms with Gasteiger partial charge in [-0.25, -0.2) is 4.68 Å². The molecule has 1 rings (SSSR count). The van der Waals surface area contributed by atoms with Gasteiger partial charge in [0.2, 0.25) is 5.16 Å². The highest BCUT2D eigenvalue weighted by atomic mass is 32.2. The van der Waals surface area contributed by atoms with Crippen LogP contribution in [0.1, 0.15) is 20.3 Å². The van der Waals surface area contributed by atoms with Crippen LogP contribution >= 0.6 is 11.8 Å². The molecule has 1 aromatic rings. The highest BCUT2D eigenvalue weighted by Crippen LogP contribution is 2.24. The van der Waals surface area contributed by atoms with Gasteiger partial charge in [-0.3, -0.25) is 0 Å². The van der Waals surface area contributed by atoms with Crippen LogP contribution in [0.2, 0.25) is 0 Å². The Morgan fingerprint density at radius 3 is 2.67 bits per heavy atom. The van der Waals surface area contributed by atoms with Gasteiger partial charge in [-0.05, 0) is 16.8 Å². The van der Waals surface area contributed by atoms with E-state index in [0.29, 0.717) is 0 Å². The van der Waals surface area contributed by atoms with Gasteiger partial charge in [-0.2, -0.15) is 13.2 Å². The highest BCUT2D eigenvalue weighted by molar-refractivity contribution is 7.99. The van der Waals surface area contributed by atoms with Crippen molar-refractivity contribution in [2.45, 2.75) is 43.4 Å². The topological polar surface area (TPSA) is 43.6 Å². The third-order valence-electron chi connectivity index (χ3n) is 1.71. The first kappa shape index (κ1) is 12.3. The predicted molar refractivity (Wildman–Crippen MR) is 49.5 cm³/mol. The van der Waals surface area contributed by atoms with Gasteiger partial charge in [0, 0.05) is 5.25 Å². The van der Waals surface area contributed by atoms with Gasteiger partial charge < -0.3 is 0 Å². The first-order valence-corrected chi connectivity index (χ1v) is 5.30. The summed E-state index contributed by atoms with van der Waals surface area (Å²) < 4.78 is 37.1. The average molecular weight is 240 g/mol. The molecule has 86 valence electrons. The zero-order valence-corrected chi connectivity index (χ0v) is 9.14. The quantitative estimate of drug-likeness (QED) is 0.756. The van der Waals surface area contributed by atoms with Crippen molar-refractivity contribution < 1.29 is 13.2 Å². The SMILES string of the molecule is CCC(C)Sc1nnnn1CC(F)(F)F. The van der Waals surface area contributed by atoms with Gasteiger partial charge in [0.25, 0.3) is 0 Å². The Hall–Kier alpha value is -0.790. The van der Waals surface area contributed by atoms with Gasteiger partial charge >= 0.3 is 6.18 Å². The summed E-state index contributed by atoms with van der Waals surface area (Å²) in [5.41, 5.74) is 0. The fourth-order valence-corrected chi connectivity index (χ4v) is 1.65. The molecule has 0 aliphatic rings. The van der Waals surface area contributed by atoms with E-state index in [9.17, 15) is 13.2 Å². The van der Waals surface area contributed by atoms with Crippen LogP contribution in [0.15, 0.2) is 5.16 Å². The van der Waals surface area contributed by atoms with Crippen LogP contribution in [0.3, 0.4) is 0 Å². The molecule has 0 bridgehead atoms. The van der Waals surface area contributed by atoms with Crippen molar-refractivity contribution in [2.75, 3.05) is 0 Å². The number of halogens is 3. The molecule has 0 aromatic carbocycles. The molecule has 0 aliphatic heterocycles. The molecular weight excluding hydrogens is 229 g/mol. The number of thioether (sulfide) groups is 1. The van der Waals surface area contributed by atoms with E-state index in [1.807, 2.05) is 13.8 Å². The molecule has 1 aromatic heterocycles. The number of hydrogen-bond donors (Lipinski definition) is 0. The molecule has 1 atom stereocenters. The molecule has 1 unspecified atom stereocenters. The van der Waals surface area contributed by atoms with Gasteiger partial charge in [0.1, 0.15) is 6.54 Å². The van der Waals surface area contributed by atoms with E-state index in [1.54, 1.807) is 0 Å². The standard InChI is InChI=1S/C7H11F3N4S/c1-3-5(2)15-6-11-12-13-14(6)4-7(8,9)10/h5H,3-4H2,1-2H3. The van der Waals surface area contributed by atoms with E-state index in [0.717, 1.165) is 11.1 Å². The lowest BCUT2D eigenvalue weighted by Gasteiger charge is -2.09. The summed E-state index contributed by atoms with van der Waals surface area (Å²) in [5, 5.41) is 10.5. The van der Waals surface area contributed by atoms with Crippen molar-refractivity contribution in [3.05, 3.63) is 0 Å². The molecule has 0 amide bonds. The van der Waals surface area contributed by atoms with E-state index in [4.69, 9.17) is 0 Å². The monoisotopic (exact) mass is 240 g/mol. The first-order chi connectivity index (χ1) is 6.92. The van der Waals surface area contributed by atoms with Crippen LogP contribution in [-0.4, -0.2) is 31.6 Å². The second-order valence-electron chi connectivity index (χ2n) is 3.07. The number of aromatic nitrogens is 4. The van der Waals surface area contributed by atoms with Crippen molar-refractivity contribution in [3.8, 4) is 0 Å². The van der Waals surface area contributed by atoms with Crippen molar-refractivity contribution in [1.29, 1.82) is 0 Å². The summed E-state index contributed by atoms with van der Waals surface area (Å²) >= 11 is 1.24. The third-order valence-corrected chi connectivity index (χ3v) is 2.95. The predicted octanol–water partition coefficient (Wildman–Crippen LogP) is 2.13. The summed E-state index contributed by atoms with van der Waals surface area (Å²) in [6.45, 7) is 2.73. The summed E-state index contributed by atoms with van der Waals surface area (Å²) in [5.74, 6) is 0. The molecule has 4 nitrogen and oxygen atoms in total. The maximum Gasteiger partial charge on any atom is 0.408 e. The molecule has 0 radical (unpaired) electrons. The van der Waals surface area contributed by atoms with E-state index in [1.165, 1.54) is 11.8 Å². The first-order valence-electron chi connectivity index (χ1n) is 4.42. The maximum absolute atomic E-state index is 12.1. The van der Waals surface area contributed by atoms with Gasteiger partial charge in [-0.1, -0.05) is 25.6 Å². The zero-order chi connectivity index (χ0) is 11.5. The van der Waals surface area contributed by atoms with Crippen LogP contribution in [0.5, 0.6) is 0 Å². The Labute approximate surface area is 89.2 Å². The fourth-order valence-electron chi connectivity index (χ4n) is 0.813. The fraction of sp³-hybridized carbons (Fsp3) is 0.857. The molecule has 0 saturated heterocycles. The summed E-state index contributed by atoms with van der Waals surface area (Å²) in [7, 11) is 0. The number of hydrogen-bond acceptors (Lipinski definition) is 4. The lowest BCUT2D eigenvalue weighted by molar-refractivity contribution is -0.144. The molecule has 0 saturated carbocycles. The lowest BCUT2D eigenvalue weighted by Crippen LogP contribution is -2.19. The maximum atomic E-state index is 12.1. The molecule has 15 heavy (non-hydrogen) atoms. The second kappa shape index (κ2) is 4.82. The number of rotatable bonds is 4. The Morgan fingerprint density at radius 1 is 1.47 bits per heavy atom. The smallest absolute Gasteiger partial charge is 0.211 e. The van der Waals surface area contributed by atoms with E-state index in [-0.39, 0.29) is 10.4 Å². The van der Waals surface area contributed by atoms with Crippen molar-refractivity contribution in [2.24, 2.45) is 0 Å². The van der Waals surface area contributed by atoms with Gasteiger partial charge in [0.15, 0.2) is 0 Å².